The van der Waals surface area contributed by atoms with Crippen molar-refractivity contribution in [2.75, 3.05) is 0 Å². The normalized spacial score (nSPS) is 14.1. The molecule has 1 aliphatic rings. The number of aryl methyl sites for hydroxylation is 1. The van der Waals surface area contributed by atoms with E-state index in [0.29, 0.717) is 17.9 Å². The summed E-state index contributed by atoms with van der Waals surface area (Å²) in [6.45, 7) is 0.477. The van der Waals surface area contributed by atoms with Gasteiger partial charge in [0.15, 0.2) is 0 Å². The molecule has 0 atom stereocenters. The standard InChI is InChI=1S/C17H17N5O3/c23-17(24)13-7-4-6-12(18-13)15-10-22(21-19-15)9-14-11-5-2-1-3-8-16(11)25-20-14/h4,6-7,10H,1-3,5,8-9H2,(H,23,24). The molecular weight excluding hydrogens is 322 g/mol. The zero-order chi connectivity index (χ0) is 17.2. The van der Waals surface area contributed by atoms with Gasteiger partial charge in [-0.3, -0.25) is 0 Å². The summed E-state index contributed by atoms with van der Waals surface area (Å²) < 4.78 is 7.16. The van der Waals surface area contributed by atoms with Crippen LogP contribution in [0.3, 0.4) is 0 Å². The van der Waals surface area contributed by atoms with Crippen LogP contribution in [0.25, 0.3) is 11.4 Å². The summed E-state index contributed by atoms with van der Waals surface area (Å²) in [6.07, 6.45) is 7.17. The average molecular weight is 339 g/mol. The number of carbonyl (C=O) groups is 1. The second-order valence-corrected chi connectivity index (χ2v) is 6.11. The molecule has 0 spiro atoms. The molecule has 0 saturated carbocycles. The van der Waals surface area contributed by atoms with Crippen LogP contribution in [0.15, 0.2) is 28.9 Å². The average Bonchev–Trinajstić information content (AvgIpc) is 3.16. The van der Waals surface area contributed by atoms with Crippen molar-refractivity contribution >= 4 is 5.97 Å². The third kappa shape index (κ3) is 3.15. The van der Waals surface area contributed by atoms with Gasteiger partial charge >= 0.3 is 5.97 Å². The zero-order valence-corrected chi connectivity index (χ0v) is 13.6. The van der Waals surface area contributed by atoms with Gasteiger partial charge in [0.1, 0.15) is 22.8 Å². The summed E-state index contributed by atoms with van der Waals surface area (Å²) >= 11 is 0. The minimum atomic E-state index is -1.07. The van der Waals surface area contributed by atoms with Crippen molar-refractivity contribution in [2.24, 2.45) is 0 Å². The number of carboxylic acids is 1. The van der Waals surface area contributed by atoms with E-state index in [-0.39, 0.29) is 5.69 Å². The molecule has 0 aromatic carbocycles. The first-order chi connectivity index (χ1) is 12.2. The highest BCUT2D eigenvalue weighted by Crippen LogP contribution is 2.24. The Kier molecular flexibility index (Phi) is 4.01. The van der Waals surface area contributed by atoms with Gasteiger partial charge in [-0.15, -0.1) is 5.10 Å². The van der Waals surface area contributed by atoms with E-state index in [2.05, 4.69) is 20.5 Å². The molecule has 0 saturated heterocycles. The van der Waals surface area contributed by atoms with Crippen LogP contribution in [0.5, 0.6) is 0 Å². The van der Waals surface area contributed by atoms with Crippen molar-refractivity contribution in [2.45, 2.75) is 38.6 Å². The van der Waals surface area contributed by atoms with Gasteiger partial charge < -0.3 is 9.63 Å². The Morgan fingerprint density at radius 2 is 2.08 bits per heavy atom. The molecule has 0 bridgehead atoms. The predicted molar refractivity (Wildman–Crippen MR) is 87.1 cm³/mol. The first-order valence-electron chi connectivity index (χ1n) is 8.28. The zero-order valence-electron chi connectivity index (χ0n) is 13.6. The van der Waals surface area contributed by atoms with Gasteiger partial charge in [0, 0.05) is 12.0 Å². The Bertz CT molecular complexity index is 915. The van der Waals surface area contributed by atoms with E-state index >= 15 is 0 Å². The molecule has 1 N–H and O–H groups in total. The van der Waals surface area contributed by atoms with E-state index in [1.165, 1.54) is 18.1 Å². The van der Waals surface area contributed by atoms with Gasteiger partial charge in [0.2, 0.25) is 0 Å². The highest BCUT2D eigenvalue weighted by atomic mass is 16.5. The SMILES string of the molecule is O=C(O)c1cccc(-c2cn(Cc3noc4c3CCCCC4)nn2)n1. The number of fused-ring (bicyclic) bond motifs is 1. The fraction of sp³-hybridized carbons (Fsp3) is 0.353. The molecule has 3 heterocycles. The number of aromatic carboxylic acids is 1. The van der Waals surface area contributed by atoms with Gasteiger partial charge in [-0.1, -0.05) is 22.9 Å². The second kappa shape index (κ2) is 6.46. The number of nitrogens with zero attached hydrogens (tertiary/aromatic N) is 5. The van der Waals surface area contributed by atoms with Crippen molar-refractivity contribution < 1.29 is 14.4 Å². The quantitative estimate of drug-likeness (QED) is 0.727. The molecule has 3 aromatic rings. The van der Waals surface area contributed by atoms with Crippen LogP contribution in [-0.2, 0) is 19.4 Å². The summed E-state index contributed by atoms with van der Waals surface area (Å²) in [6, 6.07) is 4.80. The van der Waals surface area contributed by atoms with Crippen LogP contribution in [-0.4, -0.2) is 36.2 Å². The molecule has 0 radical (unpaired) electrons. The molecule has 8 heteroatoms. The molecule has 1 aliphatic carbocycles. The predicted octanol–water partition coefficient (Wildman–Crippen LogP) is 2.34. The molecular formula is C17H17N5O3. The Balaban J connectivity index is 1.57. The lowest BCUT2D eigenvalue weighted by Crippen LogP contribution is -2.04. The third-order valence-electron chi connectivity index (χ3n) is 4.36. The summed E-state index contributed by atoms with van der Waals surface area (Å²) in [5.41, 5.74) is 3.07. The molecule has 0 aliphatic heterocycles. The Morgan fingerprint density at radius 1 is 1.20 bits per heavy atom. The molecule has 25 heavy (non-hydrogen) atoms. The van der Waals surface area contributed by atoms with Crippen LogP contribution in [0.4, 0.5) is 0 Å². The minimum absolute atomic E-state index is 0.0196. The topological polar surface area (TPSA) is 107 Å². The van der Waals surface area contributed by atoms with Gasteiger partial charge in [-0.25, -0.2) is 14.5 Å². The lowest BCUT2D eigenvalue weighted by atomic mass is 10.1. The number of carboxylic acid groups (broad SMARTS) is 1. The van der Waals surface area contributed by atoms with Crippen LogP contribution in [0, 0.1) is 0 Å². The molecule has 4 rings (SSSR count). The van der Waals surface area contributed by atoms with E-state index < -0.39 is 5.97 Å². The van der Waals surface area contributed by atoms with E-state index in [1.807, 2.05) is 0 Å². The first-order valence-corrected chi connectivity index (χ1v) is 8.28. The van der Waals surface area contributed by atoms with E-state index in [0.717, 1.165) is 37.1 Å². The van der Waals surface area contributed by atoms with Gasteiger partial charge in [-0.2, -0.15) is 0 Å². The smallest absolute Gasteiger partial charge is 0.354 e. The minimum Gasteiger partial charge on any atom is -0.477 e. The van der Waals surface area contributed by atoms with Gasteiger partial charge in [0.25, 0.3) is 0 Å². The third-order valence-corrected chi connectivity index (χ3v) is 4.36. The van der Waals surface area contributed by atoms with Crippen LogP contribution >= 0.6 is 0 Å². The van der Waals surface area contributed by atoms with E-state index in [9.17, 15) is 4.79 Å². The molecule has 128 valence electrons. The summed E-state index contributed by atoms with van der Waals surface area (Å²) in [5.74, 6) is -0.0804. The maximum atomic E-state index is 11.0. The van der Waals surface area contributed by atoms with Crippen molar-refractivity contribution in [1.29, 1.82) is 0 Å². The lowest BCUT2D eigenvalue weighted by molar-refractivity contribution is 0.0690. The summed E-state index contributed by atoms with van der Waals surface area (Å²) in [7, 11) is 0. The number of hydrogen-bond donors (Lipinski definition) is 1. The second-order valence-electron chi connectivity index (χ2n) is 6.11. The van der Waals surface area contributed by atoms with Crippen LogP contribution in [0.2, 0.25) is 0 Å². The summed E-state index contributed by atoms with van der Waals surface area (Å²) in [4.78, 5) is 15.1. The lowest BCUT2D eigenvalue weighted by Gasteiger charge is -2.00. The maximum absolute atomic E-state index is 11.0. The highest BCUT2D eigenvalue weighted by Gasteiger charge is 2.19. The Labute approximate surface area is 143 Å². The van der Waals surface area contributed by atoms with Crippen molar-refractivity contribution in [3.8, 4) is 11.4 Å². The van der Waals surface area contributed by atoms with Gasteiger partial charge in [-0.05, 0) is 31.4 Å². The van der Waals surface area contributed by atoms with E-state index in [4.69, 9.17) is 9.63 Å². The largest absolute Gasteiger partial charge is 0.477 e. The number of rotatable bonds is 4. The fourth-order valence-electron chi connectivity index (χ4n) is 3.09. The molecule has 0 amide bonds. The first kappa shape index (κ1) is 15.5. The highest BCUT2D eigenvalue weighted by molar-refractivity contribution is 5.85. The summed E-state index contributed by atoms with van der Waals surface area (Å²) in [5, 5.41) is 21.5. The molecule has 8 nitrogen and oxygen atoms in total. The number of pyridine rings is 1. The van der Waals surface area contributed by atoms with Gasteiger partial charge in [0.05, 0.1) is 18.4 Å². The Hall–Kier alpha value is -3.03. The molecule has 0 unspecified atom stereocenters. The molecule has 3 aromatic heterocycles. The number of hydrogen-bond acceptors (Lipinski definition) is 6. The van der Waals surface area contributed by atoms with Crippen molar-refractivity contribution in [1.82, 2.24) is 25.1 Å². The monoisotopic (exact) mass is 339 g/mol. The Morgan fingerprint density at radius 3 is 2.96 bits per heavy atom. The number of aromatic nitrogens is 5. The van der Waals surface area contributed by atoms with Crippen molar-refractivity contribution in [3.63, 3.8) is 0 Å². The fourth-order valence-corrected chi connectivity index (χ4v) is 3.09. The molecule has 0 fully saturated rings. The van der Waals surface area contributed by atoms with Crippen molar-refractivity contribution in [3.05, 3.63) is 47.1 Å². The van der Waals surface area contributed by atoms with Crippen LogP contribution in [0.1, 0.15) is 46.8 Å². The van der Waals surface area contributed by atoms with Crippen LogP contribution < -0.4 is 0 Å². The maximum Gasteiger partial charge on any atom is 0.354 e. The van der Waals surface area contributed by atoms with E-state index in [1.54, 1.807) is 23.0 Å².